The van der Waals surface area contributed by atoms with Crippen molar-refractivity contribution in [2.24, 2.45) is 0 Å². The van der Waals surface area contributed by atoms with Gasteiger partial charge in [0.1, 0.15) is 12.3 Å². The summed E-state index contributed by atoms with van der Waals surface area (Å²) in [4.78, 5) is 50.2. The van der Waals surface area contributed by atoms with Gasteiger partial charge in [-0.2, -0.15) is 0 Å². The molecule has 0 unspecified atom stereocenters. The fourth-order valence-corrected chi connectivity index (χ4v) is 3.66. The first-order chi connectivity index (χ1) is 17.9. The van der Waals surface area contributed by atoms with Gasteiger partial charge in [-0.25, -0.2) is 4.79 Å². The van der Waals surface area contributed by atoms with E-state index in [0.29, 0.717) is 29.3 Å². The van der Waals surface area contributed by atoms with Crippen LogP contribution in [0.3, 0.4) is 0 Å². The molecule has 37 heavy (non-hydrogen) atoms. The van der Waals surface area contributed by atoms with Crippen LogP contribution in [0.5, 0.6) is 5.75 Å². The summed E-state index contributed by atoms with van der Waals surface area (Å²) in [6.45, 7) is 2.30. The van der Waals surface area contributed by atoms with Gasteiger partial charge in [-0.05, 0) is 61.0 Å². The van der Waals surface area contributed by atoms with Crippen LogP contribution in [-0.2, 0) is 17.9 Å². The van der Waals surface area contributed by atoms with Crippen molar-refractivity contribution in [2.75, 3.05) is 17.2 Å². The highest BCUT2D eigenvalue weighted by Gasteiger charge is 2.12. The number of rotatable bonds is 9. The minimum atomic E-state index is -0.576. The molecule has 1 heterocycles. The highest BCUT2D eigenvalue weighted by molar-refractivity contribution is 6.04. The predicted molar refractivity (Wildman–Crippen MR) is 141 cm³/mol. The van der Waals surface area contributed by atoms with Crippen LogP contribution in [0.15, 0.2) is 101 Å². The van der Waals surface area contributed by atoms with Gasteiger partial charge in [0.25, 0.3) is 11.5 Å². The Morgan fingerprint density at radius 2 is 1.46 bits per heavy atom. The molecule has 0 aliphatic rings. The Morgan fingerprint density at radius 1 is 0.811 bits per heavy atom. The van der Waals surface area contributed by atoms with E-state index in [9.17, 15) is 19.2 Å². The van der Waals surface area contributed by atoms with Crippen molar-refractivity contribution in [3.63, 3.8) is 0 Å². The monoisotopic (exact) mass is 498 g/mol. The van der Waals surface area contributed by atoms with Gasteiger partial charge in [0.05, 0.1) is 13.2 Å². The van der Waals surface area contributed by atoms with Gasteiger partial charge in [0.2, 0.25) is 5.91 Å². The first kappa shape index (κ1) is 25.2. The number of hydrogen-bond donors (Lipinski definition) is 2. The largest absolute Gasteiger partial charge is 0.494 e. The molecule has 0 fully saturated rings. The maximum absolute atomic E-state index is 12.8. The quantitative estimate of drug-likeness (QED) is 0.368. The van der Waals surface area contributed by atoms with Gasteiger partial charge in [0, 0.05) is 29.2 Å². The maximum Gasteiger partial charge on any atom is 0.331 e. The number of nitrogens with zero attached hydrogens (tertiary/aromatic N) is 2. The average Bonchev–Trinajstić information content (AvgIpc) is 2.90. The van der Waals surface area contributed by atoms with E-state index in [4.69, 9.17) is 4.74 Å². The zero-order chi connectivity index (χ0) is 26.2. The van der Waals surface area contributed by atoms with Crippen LogP contribution in [0.2, 0.25) is 0 Å². The van der Waals surface area contributed by atoms with E-state index in [0.717, 1.165) is 10.1 Å². The van der Waals surface area contributed by atoms with Crippen molar-refractivity contribution in [2.45, 2.75) is 20.0 Å². The SMILES string of the molecule is CCOc1ccc(NC(=O)c2ccc(NC(=O)Cn3c(=O)ccn(Cc4ccccc4)c3=O)cc2)cc1. The molecule has 0 aliphatic carbocycles. The van der Waals surface area contributed by atoms with Crippen molar-refractivity contribution in [3.8, 4) is 5.75 Å². The molecule has 9 heteroatoms. The molecule has 0 saturated carbocycles. The van der Waals surface area contributed by atoms with Crippen molar-refractivity contribution in [1.29, 1.82) is 0 Å². The molecule has 4 aromatic rings. The summed E-state index contributed by atoms with van der Waals surface area (Å²) >= 11 is 0. The molecule has 2 amide bonds. The Kier molecular flexibility index (Phi) is 7.95. The number of ether oxygens (including phenoxy) is 1. The average molecular weight is 499 g/mol. The van der Waals surface area contributed by atoms with Crippen molar-refractivity contribution < 1.29 is 14.3 Å². The lowest BCUT2D eigenvalue weighted by Crippen LogP contribution is -2.41. The number of hydrogen-bond acceptors (Lipinski definition) is 5. The van der Waals surface area contributed by atoms with Gasteiger partial charge < -0.3 is 15.4 Å². The highest BCUT2D eigenvalue weighted by Crippen LogP contribution is 2.17. The summed E-state index contributed by atoms with van der Waals surface area (Å²) in [7, 11) is 0. The zero-order valence-electron chi connectivity index (χ0n) is 20.2. The minimum absolute atomic E-state index is 0.280. The topological polar surface area (TPSA) is 111 Å². The lowest BCUT2D eigenvalue weighted by molar-refractivity contribution is -0.116. The van der Waals surface area contributed by atoms with Crippen LogP contribution < -0.4 is 26.6 Å². The summed E-state index contributed by atoms with van der Waals surface area (Å²) in [5, 5.41) is 5.45. The van der Waals surface area contributed by atoms with Gasteiger partial charge in [0.15, 0.2) is 0 Å². The van der Waals surface area contributed by atoms with E-state index in [-0.39, 0.29) is 12.5 Å². The Bertz CT molecular complexity index is 1490. The first-order valence-corrected chi connectivity index (χ1v) is 11.7. The molecule has 4 rings (SSSR count). The molecule has 0 saturated heterocycles. The number of amides is 2. The summed E-state index contributed by atoms with van der Waals surface area (Å²) in [6.07, 6.45) is 1.42. The Morgan fingerprint density at radius 3 is 2.14 bits per heavy atom. The molecule has 0 atom stereocenters. The van der Waals surface area contributed by atoms with E-state index in [1.165, 1.54) is 16.8 Å². The van der Waals surface area contributed by atoms with Crippen LogP contribution in [0.1, 0.15) is 22.8 Å². The number of aromatic nitrogens is 2. The molecule has 0 spiro atoms. The second-order valence-corrected chi connectivity index (χ2v) is 8.17. The van der Waals surface area contributed by atoms with Crippen LogP contribution in [0.4, 0.5) is 11.4 Å². The molecule has 0 radical (unpaired) electrons. The summed E-state index contributed by atoms with van der Waals surface area (Å²) in [5.74, 6) is -0.131. The van der Waals surface area contributed by atoms with Gasteiger partial charge in [-0.15, -0.1) is 0 Å². The van der Waals surface area contributed by atoms with E-state index in [1.807, 2.05) is 37.3 Å². The number of anilines is 2. The fraction of sp³-hybridized carbons (Fsp3) is 0.143. The lowest BCUT2D eigenvalue weighted by atomic mass is 10.2. The second-order valence-electron chi connectivity index (χ2n) is 8.17. The fourth-order valence-electron chi connectivity index (χ4n) is 3.66. The number of nitrogens with one attached hydrogen (secondary N) is 2. The van der Waals surface area contributed by atoms with Crippen molar-refractivity contribution in [3.05, 3.63) is 123 Å². The number of carbonyl (C=O) groups is 2. The third-order valence-electron chi connectivity index (χ3n) is 5.49. The molecule has 0 bridgehead atoms. The maximum atomic E-state index is 12.8. The van der Waals surface area contributed by atoms with E-state index >= 15 is 0 Å². The molecule has 188 valence electrons. The third-order valence-corrected chi connectivity index (χ3v) is 5.49. The molecule has 9 nitrogen and oxygen atoms in total. The lowest BCUT2D eigenvalue weighted by Gasteiger charge is -2.11. The normalized spacial score (nSPS) is 10.5. The van der Waals surface area contributed by atoms with Gasteiger partial charge in [-0.1, -0.05) is 30.3 Å². The van der Waals surface area contributed by atoms with Crippen LogP contribution in [-0.4, -0.2) is 27.6 Å². The molecular formula is C28H26N4O5. The van der Waals surface area contributed by atoms with E-state index in [1.54, 1.807) is 48.5 Å². The second kappa shape index (κ2) is 11.7. The van der Waals surface area contributed by atoms with E-state index < -0.39 is 23.7 Å². The summed E-state index contributed by atoms with van der Waals surface area (Å²) in [5.41, 5.74) is 1.20. The van der Waals surface area contributed by atoms with E-state index in [2.05, 4.69) is 10.6 Å². The standard InChI is InChI=1S/C28H26N4O5/c1-2-37-24-14-12-23(13-15-24)30-27(35)21-8-10-22(11-9-21)29-25(33)19-32-26(34)16-17-31(28(32)36)18-20-6-4-3-5-7-20/h3-17H,2,18-19H2,1H3,(H,29,33)(H,30,35). The molecule has 3 aromatic carbocycles. The Labute approximate surface area is 213 Å². The zero-order valence-corrected chi connectivity index (χ0v) is 20.2. The summed E-state index contributed by atoms with van der Waals surface area (Å²) in [6, 6.07) is 23.9. The van der Waals surface area contributed by atoms with Gasteiger partial charge in [-0.3, -0.25) is 23.5 Å². The van der Waals surface area contributed by atoms with Crippen LogP contribution >= 0.6 is 0 Å². The molecule has 2 N–H and O–H groups in total. The number of benzene rings is 3. The minimum Gasteiger partial charge on any atom is -0.494 e. The molecule has 1 aromatic heterocycles. The van der Waals surface area contributed by atoms with Crippen molar-refractivity contribution >= 4 is 23.2 Å². The van der Waals surface area contributed by atoms with Crippen molar-refractivity contribution in [1.82, 2.24) is 9.13 Å². The van der Waals surface area contributed by atoms with Gasteiger partial charge >= 0.3 is 5.69 Å². The summed E-state index contributed by atoms with van der Waals surface area (Å²) < 4.78 is 7.65. The van der Waals surface area contributed by atoms with Crippen LogP contribution in [0.25, 0.3) is 0 Å². The molecule has 0 aliphatic heterocycles. The third kappa shape index (κ3) is 6.61. The molecular weight excluding hydrogens is 472 g/mol. The Balaban J connectivity index is 1.38. The first-order valence-electron chi connectivity index (χ1n) is 11.7. The smallest absolute Gasteiger partial charge is 0.331 e. The predicted octanol–water partition coefficient (Wildman–Crippen LogP) is 3.35. The number of carbonyl (C=O) groups excluding carboxylic acids is 2. The highest BCUT2D eigenvalue weighted by atomic mass is 16.5. The van der Waals surface area contributed by atoms with Crippen LogP contribution in [0, 0.1) is 0 Å². The Hall–Kier alpha value is -4.92.